The van der Waals surface area contributed by atoms with Gasteiger partial charge in [0.05, 0.1) is 5.56 Å². The standard InChI is InChI=1S/C12H16F3N5O/c1-20-5-7(2-3-9(20)12(13,14)15)19-11(21)8-4-17-6-18-10(8)16/h4,6-7,9H,2-3,5H2,1H3,(H,19,21)(H2,16,17,18)/t7-,9-/m0/s1. The van der Waals surface area contributed by atoms with E-state index in [1.807, 2.05) is 0 Å². The topological polar surface area (TPSA) is 84.1 Å². The maximum atomic E-state index is 12.7. The number of amides is 1. The number of nitrogens with zero attached hydrogens (tertiary/aromatic N) is 3. The second-order valence-corrected chi connectivity index (χ2v) is 5.07. The van der Waals surface area contributed by atoms with Crippen LogP contribution in [0, 0.1) is 0 Å². The second kappa shape index (κ2) is 5.84. The molecule has 6 nitrogen and oxygen atoms in total. The molecule has 1 aliphatic heterocycles. The molecular weight excluding hydrogens is 287 g/mol. The first-order valence-corrected chi connectivity index (χ1v) is 6.42. The van der Waals surface area contributed by atoms with Crippen molar-refractivity contribution >= 4 is 11.7 Å². The zero-order chi connectivity index (χ0) is 15.6. The van der Waals surface area contributed by atoms with Crippen molar-refractivity contribution < 1.29 is 18.0 Å². The second-order valence-electron chi connectivity index (χ2n) is 5.07. The van der Waals surface area contributed by atoms with Crippen LogP contribution in [0.15, 0.2) is 12.5 Å². The average molecular weight is 303 g/mol. The van der Waals surface area contributed by atoms with Crippen molar-refractivity contribution in [3.63, 3.8) is 0 Å². The molecule has 1 aliphatic rings. The molecule has 0 radical (unpaired) electrons. The van der Waals surface area contributed by atoms with Crippen LogP contribution < -0.4 is 11.1 Å². The molecule has 0 saturated carbocycles. The molecule has 1 aromatic rings. The number of hydrogen-bond acceptors (Lipinski definition) is 5. The Hall–Kier alpha value is -1.90. The van der Waals surface area contributed by atoms with Crippen LogP contribution in [0.2, 0.25) is 0 Å². The summed E-state index contributed by atoms with van der Waals surface area (Å²) >= 11 is 0. The first-order chi connectivity index (χ1) is 9.79. The number of likely N-dealkylation sites (N-methyl/N-ethyl adjacent to an activating group) is 1. The van der Waals surface area contributed by atoms with Crippen LogP contribution in [0.25, 0.3) is 0 Å². The Bertz CT molecular complexity index is 522. The van der Waals surface area contributed by atoms with E-state index in [4.69, 9.17) is 5.73 Å². The molecule has 3 N–H and O–H groups in total. The van der Waals surface area contributed by atoms with Crippen LogP contribution in [0.3, 0.4) is 0 Å². The normalized spacial score (nSPS) is 23.8. The van der Waals surface area contributed by atoms with Crippen LogP contribution in [0.4, 0.5) is 19.0 Å². The number of nitrogens with two attached hydrogens (primary N) is 1. The number of carbonyl (C=O) groups excluding carboxylic acids is 1. The number of nitrogens with one attached hydrogen (secondary N) is 1. The van der Waals surface area contributed by atoms with E-state index < -0.39 is 18.1 Å². The van der Waals surface area contributed by atoms with Crippen molar-refractivity contribution in [2.45, 2.75) is 31.1 Å². The molecule has 0 unspecified atom stereocenters. The van der Waals surface area contributed by atoms with Gasteiger partial charge in [-0.15, -0.1) is 0 Å². The molecule has 21 heavy (non-hydrogen) atoms. The lowest BCUT2D eigenvalue weighted by Crippen LogP contribution is -2.54. The molecule has 1 amide bonds. The van der Waals surface area contributed by atoms with Gasteiger partial charge in [-0.2, -0.15) is 13.2 Å². The highest BCUT2D eigenvalue weighted by Gasteiger charge is 2.44. The number of anilines is 1. The number of likely N-dealkylation sites (tertiary alicyclic amines) is 1. The van der Waals surface area contributed by atoms with E-state index in [0.29, 0.717) is 0 Å². The monoisotopic (exact) mass is 303 g/mol. The first-order valence-electron chi connectivity index (χ1n) is 6.42. The Balaban J connectivity index is 1.97. The van der Waals surface area contributed by atoms with Crippen molar-refractivity contribution in [3.8, 4) is 0 Å². The molecule has 1 aromatic heterocycles. The van der Waals surface area contributed by atoms with E-state index in [9.17, 15) is 18.0 Å². The number of alkyl halides is 3. The molecule has 0 aromatic carbocycles. The summed E-state index contributed by atoms with van der Waals surface area (Å²) in [6.07, 6.45) is -1.54. The maximum absolute atomic E-state index is 12.7. The highest BCUT2D eigenvalue weighted by atomic mass is 19.4. The summed E-state index contributed by atoms with van der Waals surface area (Å²) in [6, 6.07) is -1.82. The third-order valence-corrected chi connectivity index (χ3v) is 3.53. The molecule has 1 fully saturated rings. The number of halogens is 3. The number of carbonyl (C=O) groups is 1. The molecule has 0 spiro atoms. The minimum Gasteiger partial charge on any atom is -0.383 e. The van der Waals surface area contributed by atoms with Crippen molar-refractivity contribution in [1.82, 2.24) is 20.2 Å². The van der Waals surface area contributed by atoms with E-state index in [1.54, 1.807) is 0 Å². The van der Waals surface area contributed by atoms with E-state index in [2.05, 4.69) is 15.3 Å². The Kier molecular flexibility index (Phi) is 4.31. The summed E-state index contributed by atoms with van der Waals surface area (Å²) in [5, 5.41) is 2.67. The fourth-order valence-corrected chi connectivity index (χ4v) is 2.45. The Morgan fingerprint density at radius 3 is 2.76 bits per heavy atom. The first kappa shape index (κ1) is 15.5. The highest BCUT2D eigenvalue weighted by Crippen LogP contribution is 2.30. The maximum Gasteiger partial charge on any atom is 0.404 e. The lowest BCUT2D eigenvalue weighted by Gasteiger charge is -2.38. The lowest BCUT2D eigenvalue weighted by molar-refractivity contribution is -0.188. The Labute approximate surface area is 119 Å². The molecular formula is C12H16F3N5O. The summed E-state index contributed by atoms with van der Waals surface area (Å²) in [6.45, 7) is 0.128. The third kappa shape index (κ3) is 3.60. The van der Waals surface area contributed by atoms with Crippen molar-refractivity contribution in [2.24, 2.45) is 0 Å². The number of nitrogen functional groups attached to an aromatic ring is 1. The van der Waals surface area contributed by atoms with Crippen LogP contribution in [-0.4, -0.2) is 52.6 Å². The van der Waals surface area contributed by atoms with Crippen molar-refractivity contribution in [3.05, 3.63) is 18.1 Å². The smallest absolute Gasteiger partial charge is 0.383 e. The van der Waals surface area contributed by atoms with Gasteiger partial charge < -0.3 is 11.1 Å². The Morgan fingerprint density at radius 2 is 2.19 bits per heavy atom. The molecule has 2 rings (SSSR count). The minimum absolute atomic E-state index is 0.0415. The van der Waals surface area contributed by atoms with Gasteiger partial charge in [-0.25, -0.2) is 9.97 Å². The average Bonchev–Trinajstić information content (AvgIpc) is 2.37. The van der Waals surface area contributed by atoms with Crippen LogP contribution in [0.5, 0.6) is 0 Å². The van der Waals surface area contributed by atoms with E-state index in [-0.39, 0.29) is 36.8 Å². The SMILES string of the molecule is CN1C[C@@H](NC(=O)c2cncnc2N)CC[C@H]1C(F)(F)F. The number of hydrogen-bond donors (Lipinski definition) is 2. The predicted molar refractivity (Wildman–Crippen MR) is 69.4 cm³/mol. The fraction of sp³-hybridized carbons (Fsp3) is 0.583. The van der Waals surface area contributed by atoms with Crippen molar-refractivity contribution in [2.75, 3.05) is 19.3 Å². The van der Waals surface area contributed by atoms with Crippen LogP contribution in [-0.2, 0) is 0 Å². The third-order valence-electron chi connectivity index (χ3n) is 3.53. The quantitative estimate of drug-likeness (QED) is 0.845. The zero-order valence-electron chi connectivity index (χ0n) is 11.4. The largest absolute Gasteiger partial charge is 0.404 e. The van der Waals surface area contributed by atoms with Gasteiger partial charge in [0, 0.05) is 18.8 Å². The minimum atomic E-state index is -4.25. The van der Waals surface area contributed by atoms with Gasteiger partial charge in [-0.3, -0.25) is 9.69 Å². The van der Waals surface area contributed by atoms with Gasteiger partial charge in [-0.1, -0.05) is 0 Å². The predicted octanol–water partition coefficient (Wildman–Crippen LogP) is 0.814. The van der Waals surface area contributed by atoms with Crippen molar-refractivity contribution in [1.29, 1.82) is 0 Å². The van der Waals surface area contributed by atoms with Gasteiger partial charge in [0.1, 0.15) is 18.2 Å². The molecule has 9 heteroatoms. The summed E-state index contributed by atoms with van der Waals surface area (Å²) in [5.74, 6) is -0.434. The summed E-state index contributed by atoms with van der Waals surface area (Å²) < 4.78 is 38.2. The number of piperidine rings is 1. The molecule has 0 aliphatic carbocycles. The van der Waals surface area contributed by atoms with Gasteiger partial charge in [-0.05, 0) is 19.9 Å². The van der Waals surface area contributed by atoms with E-state index in [1.165, 1.54) is 24.5 Å². The summed E-state index contributed by atoms with van der Waals surface area (Å²) in [5.41, 5.74) is 5.69. The van der Waals surface area contributed by atoms with Gasteiger partial charge in [0.25, 0.3) is 5.91 Å². The highest BCUT2D eigenvalue weighted by molar-refractivity contribution is 5.98. The lowest BCUT2D eigenvalue weighted by atomic mass is 9.98. The summed E-state index contributed by atoms with van der Waals surface area (Å²) in [7, 11) is 1.40. The molecule has 1 saturated heterocycles. The molecule has 2 atom stereocenters. The molecule has 0 bridgehead atoms. The number of rotatable bonds is 2. The zero-order valence-corrected chi connectivity index (χ0v) is 11.4. The van der Waals surface area contributed by atoms with Crippen LogP contribution >= 0.6 is 0 Å². The van der Waals surface area contributed by atoms with Gasteiger partial charge >= 0.3 is 6.18 Å². The van der Waals surface area contributed by atoms with Gasteiger partial charge in [0.15, 0.2) is 0 Å². The van der Waals surface area contributed by atoms with E-state index >= 15 is 0 Å². The molecule has 116 valence electrons. The Morgan fingerprint density at radius 1 is 1.48 bits per heavy atom. The molecule has 2 heterocycles. The van der Waals surface area contributed by atoms with E-state index in [0.717, 1.165) is 0 Å². The number of aromatic nitrogens is 2. The summed E-state index contributed by atoms with van der Waals surface area (Å²) in [4.78, 5) is 20.6. The van der Waals surface area contributed by atoms with Gasteiger partial charge in [0.2, 0.25) is 0 Å². The van der Waals surface area contributed by atoms with Crippen LogP contribution in [0.1, 0.15) is 23.2 Å². The fourth-order valence-electron chi connectivity index (χ4n) is 2.45.